The molecule has 0 rings (SSSR count). The second-order valence-electron chi connectivity index (χ2n) is 3.44. The Balaban J connectivity index is 0. The van der Waals surface area contributed by atoms with Gasteiger partial charge in [-0.05, 0) is 20.3 Å². The van der Waals surface area contributed by atoms with Crippen LogP contribution in [0.15, 0.2) is 12.7 Å². The van der Waals surface area contributed by atoms with E-state index < -0.39 is 17.7 Å². The highest BCUT2D eigenvalue weighted by Gasteiger charge is 2.38. The van der Waals surface area contributed by atoms with Crippen LogP contribution >= 0.6 is 0 Å². The number of hydrogen-bond acceptors (Lipinski definition) is 3. The lowest BCUT2D eigenvalue weighted by Crippen LogP contribution is -2.42. The lowest BCUT2D eigenvalue weighted by atomic mass is 9.95. The summed E-state index contributed by atoms with van der Waals surface area (Å²) in [6, 6.07) is -0.199. The maximum atomic E-state index is 10.6. The SMILES string of the molecule is C=CC[C@@](C)(O)[C@H](C)N.O=C(O)C(F)(F)F. The molecule has 0 aliphatic heterocycles. The molecule has 0 aromatic heterocycles. The van der Waals surface area contributed by atoms with E-state index in [2.05, 4.69) is 6.58 Å². The quantitative estimate of drug-likeness (QED) is 0.652. The van der Waals surface area contributed by atoms with E-state index in [1.54, 1.807) is 19.9 Å². The topological polar surface area (TPSA) is 83.5 Å². The number of hydrogen-bond donors (Lipinski definition) is 3. The Morgan fingerprint density at radius 1 is 1.56 bits per heavy atom. The summed E-state index contributed by atoms with van der Waals surface area (Å²) in [5.74, 6) is -2.76. The maximum Gasteiger partial charge on any atom is 0.490 e. The number of rotatable bonds is 3. The summed E-state index contributed by atoms with van der Waals surface area (Å²) in [5, 5.41) is 16.5. The minimum absolute atomic E-state index is 0.199. The van der Waals surface area contributed by atoms with Crippen LogP contribution in [0.2, 0.25) is 0 Å². The number of alkyl halides is 3. The van der Waals surface area contributed by atoms with Crippen molar-refractivity contribution in [3.8, 4) is 0 Å². The van der Waals surface area contributed by atoms with E-state index in [1.807, 2.05) is 0 Å². The first-order valence-electron chi connectivity index (χ1n) is 4.34. The van der Waals surface area contributed by atoms with Crippen LogP contribution in [0.5, 0.6) is 0 Å². The Morgan fingerprint density at radius 3 is 1.94 bits per heavy atom. The molecule has 0 aliphatic rings. The van der Waals surface area contributed by atoms with E-state index in [0.29, 0.717) is 6.42 Å². The fraction of sp³-hybridized carbons (Fsp3) is 0.667. The molecular weight excluding hydrogens is 227 g/mol. The highest BCUT2D eigenvalue weighted by Crippen LogP contribution is 2.13. The van der Waals surface area contributed by atoms with Gasteiger partial charge in [-0.2, -0.15) is 13.2 Å². The first-order chi connectivity index (χ1) is 6.95. The van der Waals surface area contributed by atoms with Crippen LogP contribution < -0.4 is 5.73 Å². The number of carboxylic acids is 1. The summed E-state index contributed by atoms with van der Waals surface area (Å²) >= 11 is 0. The molecule has 0 fully saturated rings. The normalized spacial score (nSPS) is 16.4. The third-order valence-electron chi connectivity index (χ3n) is 1.78. The summed E-state index contributed by atoms with van der Waals surface area (Å²) in [5.41, 5.74) is 4.67. The van der Waals surface area contributed by atoms with E-state index in [9.17, 15) is 18.3 Å². The Kier molecular flexibility index (Phi) is 7.03. The summed E-state index contributed by atoms with van der Waals surface area (Å²) in [6.07, 6.45) is -2.87. The van der Waals surface area contributed by atoms with Gasteiger partial charge in [0.25, 0.3) is 0 Å². The van der Waals surface area contributed by atoms with Crippen LogP contribution in [-0.2, 0) is 4.79 Å². The zero-order valence-electron chi connectivity index (χ0n) is 9.08. The number of halogens is 3. The number of carbonyl (C=O) groups is 1. The minimum Gasteiger partial charge on any atom is -0.475 e. The fourth-order valence-electron chi connectivity index (χ4n) is 0.478. The first-order valence-corrected chi connectivity index (χ1v) is 4.34. The van der Waals surface area contributed by atoms with E-state index >= 15 is 0 Å². The Labute approximate surface area is 91.6 Å². The molecule has 4 nitrogen and oxygen atoms in total. The number of carboxylic acid groups (broad SMARTS) is 1. The maximum absolute atomic E-state index is 10.6. The second-order valence-corrected chi connectivity index (χ2v) is 3.44. The molecule has 0 aromatic carbocycles. The second kappa shape index (κ2) is 6.49. The monoisotopic (exact) mass is 243 g/mol. The van der Waals surface area contributed by atoms with Crippen LogP contribution in [0.1, 0.15) is 20.3 Å². The molecule has 0 unspecified atom stereocenters. The van der Waals surface area contributed by atoms with E-state index in [1.165, 1.54) is 0 Å². The Morgan fingerprint density at radius 2 is 1.88 bits per heavy atom. The highest BCUT2D eigenvalue weighted by atomic mass is 19.4. The van der Waals surface area contributed by atoms with Crippen LogP contribution in [0.4, 0.5) is 13.2 Å². The molecule has 7 heteroatoms. The van der Waals surface area contributed by atoms with Gasteiger partial charge < -0.3 is 15.9 Å². The zero-order chi connectivity index (χ0) is 13.6. The fourth-order valence-corrected chi connectivity index (χ4v) is 0.478. The van der Waals surface area contributed by atoms with Gasteiger partial charge in [-0.3, -0.25) is 0 Å². The molecule has 0 saturated carbocycles. The molecule has 0 heterocycles. The zero-order valence-corrected chi connectivity index (χ0v) is 9.08. The molecule has 0 aromatic rings. The lowest BCUT2D eigenvalue weighted by molar-refractivity contribution is -0.192. The van der Waals surface area contributed by atoms with Gasteiger partial charge in [0, 0.05) is 6.04 Å². The van der Waals surface area contributed by atoms with Gasteiger partial charge in [-0.25, -0.2) is 4.79 Å². The summed E-state index contributed by atoms with van der Waals surface area (Å²) in [7, 11) is 0. The summed E-state index contributed by atoms with van der Waals surface area (Å²) < 4.78 is 31.7. The number of aliphatic carboxylic acids is 1. The predicted octanol–water partition coefficient (Wildman–Crippen LogP) is 1.29. The van der Waals surface area contributed by atoms with Crippen molar-refractivity contribution in [2.75, 3.05) is 0 Å². The average molecular weight is 243 g/mol. The molecule has 2 atom stereocenters. The van der Waals surface area contributed by atoms with Crippen LogP contribution in [0.25, 0.3) is 0 Å². The molecule has 0 spiro atoms. The van der Waals surface area contributed by atoms with Crippen molar-refractivity contribution in [2.45, 2.75) is 38.1 Å². The van der Waals surface area contributed by atoms with Crippen molar-refractivity contribution in [2.24, 2.45) is 5.73 Å². The van der Waals surface area contributed by atoms with Crippen molar-refractivity contribution in [3.05, 3.63) is 12.7 Å². The molecule has 0 saturated heterocycles. The predicted molar refractivity (Wildman–Crippen MR) is 52.8 cm³/mol. The van der Waals surface area contributed by atoms with Gasteiger partial charge in [0.1, 0.15) is 0 Å². The van der Waals surface area contributed by atoms with Crippen molar-refractivity contribution < 1.29 is 28.2 Å². The number of aliphatic hydroxyl groups is 1. The average Bonchev–Trinajstić information content (AvgIpc) is 2.02. The lowest BCUT2D eigenvalue weighted by Gasteiger charge is -2.25. The van der Waals surface area contributed by atoms with E-state index in [4.69, 9.17) is 15.6 Å². The molecular formula is C9H16F3NO3. The molecule has 0 radical (unpaired) electrons. The van der Waals surface area contributed by atoms with Crippen LogP contribution in [0, 0.1) is 0 Å². The van der Waals surface area contributed by atoms with Crippen LogP contribution in [-0.4, -0.2) is 34.0 Å². The molecule has 0 bridgehead atoms. The smallest absolute Gasteiger partial charge is 0.475 e. The van der Waals surface area contributed by atoms with Crippen molar-refractivity contribution >= 4 is 5.97 Å². The summed E-state index contributed by atoms with van der Waals surface area (Å²) in [4.78, 5) is 8.90. The van der Waals surface area contributed by atoms with Gasteiger partial charge in [0.2, 0.25) is 0 Å². The largest absolute Gasteiger partial charge is 0.490 e. The molecule has 96 valence electrons. The van der Waals surface area contributed by atoms with Crippen molar-refractivity contribution in [1.29, 1.82) is 0 Å². The first kappa shape index (κ1) is 17.3. The Hall–Kier alpha value is -1.08. The van der Waals surface area contributed by atoms with Crippen molar-refractivity contribution in [1.82, 2.24) is 0 Å². The minimum atomic E-state index is -5.08. The third-order valence-corrected chi connectivity index (χ3v) is 1.78. The molecule has 4 N–H and O–H groups in total. The van der Waals surface area contributed by atoms with Crippen LogP contribution in [0.3, 0.4) is 0 Å². The van der Waals surface area contributed by atoms with Gasteiger partial charge in [0.15, 0.2) is 0 Å². The molecule has 16 heavy (non-hydrogen) atoms. The Bertz CT molecular complexity index is 237. The number of nitrogens with two attached hydrogens (primary N) is 1. The molecule has 0 aliphatic carbocycles. The van der Waals surface area contributed by atoms with Crippen molar-refractivity contribution in [3.63, 3.8) is 0 Å². The summed E-state index contributed by atoms with van der Waals surface area (Å²) in [6.45, 7) is 7.00. The molecule has 0 amide bonds. The standard InChI is InChI=1S/C7H15NO.C2HF3O2/c1-4-5-7(3,9)6(2)8;3-2(4,5)1(6)7/h4,6,9H,1,5,8H2,2-3H3;(H,6,7)/t6-,7+;/m0./s1. The van der Waals surface area contributed by atoms with Gasteiger partial charge in [0.05, 0.1) is 5.60 Å². The highest BCUT2D eigenvalue weighted by molar-refractivity contribution is 5.73. The van der Waals surface area contributed by atoms with E-state index in [0.717, 1.165) is 0 Å². The van der Waals surface area contributed by atoms with Gasteiger partial charge in [-0.15, -0.1) is 6.58 Å². The third kappa shape index (κ3) is 8.25. The van der Waals surface area contributed by atoms with Gasteiger partial charge >= 0.3 is 12.1 Å². The van der Waals surface area contributed by atoms with E-state index in [-0.39, 0.29) is 6.04 Å². The van der Waals surface area contributed by atoms with Gasteiger partial charge in [-0.1, -0.05) is 6.08 Å².